The molecule has 1 aromatic carbocycles. The van der Waals surface area contributed by atoms with Crippen molar-refractivity contribution in [3.8, 4) is 0 Å². The SMILES string of the molecule is CN(CC(=O)NC(C)(C)C)C(=O)CN1C(=O)N[C@](C)(c2cc(F)ccc2F)C1=O. The first-order valence-corrected chi connectivity index (χ1v) is 8.89. The van der Waals surface area contributed by atoms with Crippen LogP contribution in [0.15, 0.2) is 18.2 Å². The second-order valence-electron chi connectivity index (χ2n) is 8.12. The Morgan fingerprint density at radius 1 is 1.24 bits per heavy atom. The number of hydrogen-bond acceptors (Lipinski definition) is 4. The summed E-state index contributed by atoms with van der Waals surface area (Å²) < 4.78 is 27.7. The quantitative estimate of drug-likeness (QED) is 0.711. The van der Waals surface area contributed by atoms with E-state index in [1.54, 1.807) is 20.8 Å². The van der Waals surface area contributed by atoms with Gasteiger partial charge in [-0.15, -0.1) is 0 Å². The van der Waals surface area contributed by atoms with Gasteiger partial charge in [0.1, 0.15) is 23.7 Å². The van der Waals surface area contributed by atoms with Gasteiger partial charge in [0.25, 0.3) is 5.91 Å². The normalized spacial score (nSPS) is 19.2. The van der Waals surface area contributed by atoms with Gasteiger partial charge in [-0.25, -0.2) is 13.6 Å². The van der Waals surface area contributed by atoms with Gasteiger partial charge < -0.3 is 15.5 Å². The number of carbonyl (C=O) groups excluding carboxylic acids is 4. The van der Waals surface area contributed by atoms with Crippen molar-refractivity contribution in [2.24, 2.45) is 0 Å². The molecule has 0 saturated carbocycles. The van der Waals surface area contributed by atoms with Gasteiger partial charge >= 0.3 is 6.03 Å². The molecule has 10 heteroatoms. The van der Waals surface area contributed by atoms with E-state index in [1.165, 1.54) is 14.0 Å². The van der Waals surface area contributed by atoms with Crippen LogP contribution in [0.4, 0.5) is 13.6 Å². The predicted molar refractivity (Wildman–Crippen MR) is 99.5 cm³/mol. The van der Waals surface area contributed by atoms with E-state index in [9.17, 15) is 28.0 Å². The predicted octanol–water partition coefficient (Wildman–Crippen LogP) is 1.10. The monoisotopic (exact) mass is 410 g/mol. The van der Waals surface area contributed by atoms with Gasteiger partial charge in [-0.1, -0.05) is 0 Å². The zero-order valence-electron chi connectivity index (χ0n) is 16.9. The van der Waals surface area contributed by atoms with E-state index in [0.29, 0.717) is 4.90 Å². The average molecular weight is 410 g/mol. The van der Waals surface area contributed by atoms with E-state index in [0.717, 1.165) is 23.1 Å². The topological polar surface area (TPSA) is 98.8 Å². The number of nitrogens with one attached hydrogen (secondary N) is 2. The van der Waals surface area contributed by atoms with Crippen LogP contribution in [0, 0.1) is 11.6 Å². The molecule has 1 saturated heterocycles. The number of amides is 5. The molecule has 0 spiro atoms. The van der Waals surface area contributed by atoms with Gasteiger partial charge in [0.15, 0.2) is 0 Å². The number of benzene rings is 1. The summed E-state index contributed by atoms with van der Waals surface area (Å²) in [6.45, 7) is 5.67. The van der Waals surface area contributed by atoms with Gasteiger partial charge in [0.2, 0.25) is 11.8 Å². The second kappa shape index (κ2) is 7.76. The summed E-state index contributed by atoms with van der Waals surface area (Å²) in [6.07, 6.45) is 0. The van der Waals surface area contributed by atoms with E-state index in [-0.39, 0.29) is 12.1 Å². The fraction of sp³-hybridized carbons (Fsp3) is 0.474. The molecular formula is C19H24F2N4O4. The Bertz CT molecular complexity index is 868. The summed E-state index contributed by atoms with van der Waals surface area (Å²) in [4.78, 5) is 51.1. The molecule has 0 aliphatic carbocycles. The summed E-state index contributed by atoms with van der Waals surface area (Å²) >= 11 is 0. The van der Waals surface area contributed by atoms with Crippen LogP contribution in [0.25, 0.3) is 0 Å². The molecule has 0 aromatic heterocycles. The summed E-state index contributed by atoms with van der Waals surface area (Å²) in [7, 11) is 1.36. The third kappa shape index (κ3) is 4.87. The van der Waals surface area contributed by atoms with Crippen LogP contribution in [0.3, 0.4) is 0 Å². The highest BCUT2D eigenvalue weighted by Gasteiger charge is 2.51. The van der Waals surface area contributed by atoms with Crippen molar-refractivity contribution in [2.75, 3.05) is 20.1 Å². The number of hydrogen-bond donors (Lipinski definition) is 2. The number of urea groups is 1. The van der Waals surface area contributed by atoms with Crippen LogP contribution < -0.4 is 10.6 Å². The van der Waals surface area contributed by atoms with Crippen LogP contribution in [0.1, 0.15) is 33.3 Å². The molecule has 0 unspecified atom stereocenters. The second-order valence-corrected chi connectivity index (χ2v) is 8.12. The molecule has 1 aliphatic rings. The zero-order valence-corrected chi connectivity index (χ0v) is 16.9. The van der Waals surface area contributed by atoms with E-state index >= 15 is 0 Å². The summed E-state index contributed by atoms with van der Waals surface area (Å²) in [5.74, 6) is -3.61. The van der Waals surface area contributed by atoms with Crippen LogP contribution in [0.5, 0.6) is 0 Å². The molecule has 1 heterocycles. The minimum absolute atomic E-state index is 0.268. The number of likely N-dealkylation sites (N-methyl/N-ethyl adjacent to an activating group) is 1. The average Bonchev–Trinajstić information content (AvgIpc) is 2.79. The standard InChI is InChI=1S/C19H24F2N4O4/c1-18(2,3)22-14(26)9-24(5)15(27)10-25-16(28)19(4,23-17(25)29)12-8-11(20)6-7-13(12)21/h6-8H,9-10H2,1-5H3,(H,22,26)(H,23,29)/t19-/m1/s1. The van der Waals surface area contributed by atoms with Crippen molar-refractivity contribution in [3.05, 3.63) is 35.4 Å². The van der Waals surface area contributed by atoms with E-state index < -0.39 is 53.0 Å². The van der Waals surface area contributed by atoms with Crippen molar-refractivity contribution in [1.82, 2.24) is 20.4 Å². The minimum Gasteiger partial charge on any atom is -0.350 e. The third-order valence-electron chi connectivity index (χ3n) is 4.36. The molecule has 0 radical (unpaired) electrons. The lowest BCUT2D eigenvalue weighted by Gasteiger charge is -2.25. The highest BCUT2D eigenvalue weighted by atomic mass is 19.1. The Kier molecular flexibility index (Phi) is 5.96. The minimum atomic E-state index is -1.86. The number of imide groups is 1. The molecule has 5 amide bonds. The maximum absolute atomic E-state index is 14.2. The Morgan fingerprint density at radius 3 is 2.45 bits per heavy atom. The van der Waals surface area contributed by atoms with Gasteiger partial charge in [0, 0.05) is 18.2 Å². The lowest BCUT2D eigenvalue weighted by molar-refractivity contribution is -0.139. The zero-order chi connectivity index (χ0) is 22.1. The third-order valence-corrected chi connectivity index (χ3v) is 4.36. The molecule has 8 nitrogen and oxygen atoms in total. The van der Waals surface area contributed by atoms with Crippen molar-refractivity contribution in [3.63, 3.8) is 0 Å². The molecule has 1 aromatic rings. The highest BCUT2D eigenvalue weighted by molar-refractivity contribution is 6.09. The molecule has 29 heavy (non-hydrogen) atoms. The van der Waals surface area contributed by atoms with Crippen molar-refractivity contribution >= 4 is 23.8 Å². The Hall–Kier alpha value is -3.04. The summed E-state index contributed by atoms with van der Waals surface area (Å²) in [6, 6.07) is 1.65. The molecule has 1 atom stereocenters. The molecule has 2 N–H and O–H groups in total. The first-order chi connectivity index (χ1) is 13.2. The fourth-order valence-corrected chi connectivity index (χ4v) is 2.92. The van der Waals surface area contributed by atoms with Crippen LogP contribution in [-0.2, 0) is 19.9 Å². The van der Waals surface area contributed by atoms with E-state index in [1.807, 2.05) is 0 Å². The molecule has 2 rings (SSSR count). The first kappa shape index (κ1) is 22.3. The van der Waals surface area contributed by atoms with E-state index in [4.69, 9.17) is 0 Å². The van der Waals surface area contributed by atoms with Gasteiger partial charge in [0.05, 0.1) is 6.54 Å². The fourth-order valence-electron chi connectivity index (χ4n) is 2.92. The van der Waals surface area contributed by atoms with Crippen LogP contribution >= 0.6 is 0 Å². The maximum Gasteiger partial charge on any atom is 0.325 e. The van der Waals surface area contributed by atoms with Gasteiger partial charge in [-0.2, -0.15) is 0 Å². The number of carbonyl (C=O) groups is 4. The Morgan fingerprint density at radius 2 is 1.86 bits per heavy atom. The number of rotatable bonds is 5. The van der Waals surface area contributed by atoms with Crippen molar-refractivity contribution in [1.29, 1.82) is 0 Å². The van der Waals surface area contributed by atoms with Gasteiger partial charge in [-0.05, 0) is 45.9 Å². The molecule has 1 fully saturated rings. The van der Waals surface area contributed by atoms with Crippen LogP contribution in [-0.4, -0.2) is 59.2 Å². The highest BCUT2D eigenvalue weighted by Crippen LogP contribution is 2.31. The Labute approximate surface area is 167 Å². The van der Waals surface area contributed by atoms with Crippen molar-refractivity contribution < 1.29 is 28.0 Å². The number of nitrogens with zero attached hydrogens (tertiary/aromatic N) is 2. The maximum atomic E-state index is 14.2. The lowest BCUT2D eigenvalue weighted by Crippen LogP contribution is -2.49. The molecular weight excluding hydrogens is 386 g/mol. The summed E-state index contributed by atoms with van der Waals surface area (Å²) in [5, 5.41) is 5.00. The molecule has 158 valence electrons. The van der Waals surface area contributed by atoms with Crippen molar-refractivity contribution in [2.45, 2.75) is 38.8 Å². The Balaban J connectivity index is 2.13. The molecule has 1 aliphatic heterocycles. The lowest BCUT2D eigenvalue weighted by atomic mass is 9.91. The van der Waals surface area contributed by atoms with Crippen LogP contribution in [0.2, 0.25) is 0 Å². The smallest absolute Gasteiger partial charge is 0.325 e. The first-order valence-electron chi connectivity index (χ1n) is 8.89. The molecule has 0 bridgehead atoms. The largest absolute Gasteiger partial charge is 0.350 e. The number of halogens is 2. The summed E-state index contributed by atoms with van der Waals surface area (Å²) in [5.41, 5.74) is -2.68. The van der Waals surface area contributed by atoms with E-state index in [2.05, 4.69) is 10.6 Å². The van der Waals surface area contributed by atoms with Gasteiger partial charge in [-0.3, -0.25) is 19.3 Å².